The van der Waals surface area contributed by atoms with E-state index in [1.54, 1.807) is 12.1 Å². The Hall–Kier alpha value is -0.780. The highest BCUT2D eigenvalue weighted by molar-refractivity contribution is 7.92. The minimum Gasteiger partial charge on any atom is -0.378 e. The Morgan fingerprint density at radius 3 is 2.81 bits per heavy atom. The lowest BCUT2D eigenvalue weighted by molar-refractivity contribution is 0.122. The molecular formula is C11H14FNO2S. The van der Waals surface area contributed by atoms with E-state index >= 15 is 0 Å². The van der Waals surface area contributed by atoms with Gasteiger partial charge in [0.1, 0.15) is 5.82 Å². The molecule has 0 saturated carbocycles. The number of morpholine rings is 1. The van der Waals surface area contributed by atoms with Crippen molar-refractivity contribution in [3.8, 4) is 0 Å². The van der Waals surface area contributed by atoms with Crippen molar-refractivity contribution in [2.75, 3.05) is 31.2 Å². The fourth-order valence-corrected chi connectivity index (χ4v) is 2.12. The molecule has 1 N–H and O–H groups in total. The summed E-state index contributed by atoms with van der Waals surface area (Å²) in [4.78, 5) is 2.16. The Labute approximate surface area is 98.4 Å². The quantitative estimate of drug-likeness (QED) is 0.826. The van der Waals surface area contributed by atoms with Crippen LogP contribution in [0, 0.1) is 5.82 Å². The van der Waals surface area contributed by atoms with Crippen LogP contribution < -0.4 is 4.90 Å². The van der Waals surface area contributed by atoms with E-state index in [1.165, 1.54) is 6.07 Å². The van der Waals surface area contributed by atoms with Crippen LogP contribution in [0.15, 0.2) is 18.2 Å². The highest BCUT2D eigenvalue weighted by Gasteiger charge is 2.13. The first kappa shape index (κ1) is 11.7. The van der Waals surface area contributed by atoms with E-state index < -0.39 is 0 Å². The lowest BCUT2D eigenvalue weighted by atomic mass is 10.2. The molecule has 0 bridgehead atoms. The van der Waals surface area contributed by atoms with E-state index in [9.17, 15) is 4.39 Å². The third-order valence-corrected chi connectivity index (χ3v) is 3.07. The second-order valence-corrected chi connectivity index (χ2v) is 4.20. The average Bonchev–Trinajstić information content (AvgIpc) is 2.33. The van der Waals surface area contributed by atoms with Crippen LogP contribution in [0.1, 0.15) is 5.56 Å². The zero-order valence-electron chi connectivity index (χ0n) is 8.86. The van der Waals surface area contributed by atoms with E-state index in [0.29, 0.717) is 30.8 Å². The van der Waals surface area contributed by atoms with E-state index in [-0.39, 0.29) is 11.6 Å². The predicted octanol–water partition coefficient (Wildman–Crippen LogP) is 2.37. The van der Waals surface area contributed by atoms with Crippen molar-refractivity contribution in [3.63, 3.8) is 0 Å². The molecule has 1 heterocycles. The molecule has 2 rings (SSSR count). The van der Waals surface area contributed by atoms with Gasteiger partial charge in [-0.05, 0) is 30.2 Å². The number of ether oxygens (including phenoxy) is 1. The van der Waals surface area contributed by atoms with E-state index in [4.69, 9.17) is 9.29 Å². The number of hydrogen-bond acceptors (Lipinski definition) is 4. The van der Waals surface area contributed by atoms with Gasteiger partial charge in [0.25, 0.3) is 0 Å². The minimum atomic E-state index is -0.265. The number of benzene rings is 1. The number of anilines is 1. The molecule has 1 saturated heterocycles. The molecule has 0 aliphatic carbocycles. The lowest BCUT2D eigenvalue weighted by Crippen LogP contribution is -2.36. The fourth-order valence-electron chi connectivity index (χ4n) is 1.76. The Bertz CT molecular complexity index is 356. The van der Waals surface area contributed by atoms with Crippen LogP contribution in [0.2, 0.25) is 0 Å². The van der Waals surface area contributed by atoms with Crippen LogP contribution in [-0.4, -0.2) is 30.9 Å². The van der Waals surface area contributed by atoms with Gasteiger partial charge in [-0.15, -0.1) is 0 Å². The third kappa shape index (κ3) is 2.66. The summed E-state index contributed by atoms with van der Waals surface area (Å²) in [5.74, 6) is 0.0165. The van der Waals surface area contributed by atoms with Gasteiger partial charge in [-0.3, -0.25) is 0 Å². The molecule has 5 heteroatoms. The first-order chi connectivity index (χ1) is 7.81. The molecule has 88 valence electrons. The Morgan fingerprint density at radius 2 is 2.12 bits per heavy atom. The Balaban J connectivity index is 2.17. The Kier molecular flexibility index (Phi) is 4.04. The highest BCUT2D eigenvalue weighted by Crippen LogP contribution is 2.22. The Morgan fingerprint density at radius 1 is 1.38 bits per heavy atom. The molecule has 0 aromatic heterocycles. The predicted molar refractivity (Wildman–Crippen MR) is 63.4 cm³/mol. The van der Waals surface area contributed by atoms with E-state index in [0.717, 1.165) is 18.8 Å². The molecule has 1 aromatic rings. The second kappa shape index (κ2) is 5.52. The van der Waals surface area contributed by atoms with Gasteiger partial charge in [0.2, 0.25) is 0 Å². The molecule has 1 aromatic carbocycles. The first-order valence-corrected chi connectivity index (χ1v) is 6.13. The van der Waals surface area contributed by atoms with Gasteiger partial charge in [-0.1, -0.05) is 0 Å². The van der Waals surface area contributed by atoms with Gasteiger partial charge in [-0.2, -0.15) is 0 Å². The maximum Gasteiger partial charge on any atom is 0.127 e. The van der Waals surface area contributed by atoms with Crippen molar-refractivity contribution in [2.45, 2.75) is 5.75 Å². The first-order valence-electron chi connectivity index (χ1n) is 5.19. The zero-order valence-corrected chi connectivity index (χ0v) is 9.67. The molecular weight excluding hydrogens is 229 g/mol. The normalized spacial score (nSPS) is 16.5. The molecule has 1 aliphatic rings. The van der Waals surface area contributed by atoms with Crippen LogP contribution in [0.25, 0.3) is 0 Å². The van der Waals surface area contributed by atoms with Crippen LogP contribution in [0.3, 0.4) is 0 Å². The van der Waals surface area contributed by atoms with Gasteiger partial charge in [0.05, 0.1) is 13.2 Å². The van der Waals surface area contributed by atoms with E-state index in [2.05, 4.69) is 4.90 Å². The lowest BCUT2D eigenvalue weighted by Gasteiger charge is -2.29. The number of rotatable bonds is 3. The summed E-state index contributed by atoms with van der Waals surface area (Å²) < 4.78 is 27.4. The number of halogens is 1. The van der Waals surface area contributed by atoms with Gasteiger partial charge in [0, 0.05) is 30.1 Å². The summed E-state index contributed by atoms with van der Waals surface area (Å²) in [5, 5.41) is 0. The number of nitrogens with zero attached hydrogens (tertiary/aromatic N) is 1. The molecule has 1 fully saturated rings. The number of hydrogen-bond donors (Lipinski definition) is 1. The zero-order chi connectivity index (χ0) is 11.4. The van der Waals surface area contributed by atoms with Crippen LogP contribution >= 0.6 is 12.0 Å². The van der Waals surface area contributed by atoms with Gasteiger partial charge in [0.15, 0.2) is 0 Å². The van der Waals surface area contributed by atoms with Crippen LogP contribution in [-0.2, 0) is 10.5 Å². The van der Waals surface area contributed by atoms with Crippen molar-refractivity contribution in [2.24, 2.45) is 0 Å². The molecule has 0 radical (unpaired) electrons. The summed E-state index contributed by atoms with van der Waals surface area (Å²) >= 11 is 0.641. The largest absolute Gasteiger partial charge is 0.378 e. The smallest absolute Gasteiger partial charge is 0.127 e. The van der Waals surface area contributed by atoms with Crippen molar-refractivity contribution in [1.29, 1.82) is 0 Å². The molecule has 0 spiro atoms. The topological polar surface area (TPSA) is 32.7 Å². The minimum absolute atomic E-state index is 0.265. The highest BCUT2D eigenvalue weighted by atomic mass is 32.2. The van der Waals surface area contributed by atoms with Crippen LogP contribution in [0.5, 0.6) is 0 Å². The van der Waals surface area contributed by atoms with Crippen LogP contribution in [0.4, 0.5) is 10.1 Å². The van der Waals surface area contributed by atoms with Crippen molar-refractivity contribution >= 4 is 17.7 Å². The third-order valence-electron chi connectivity index (χ3n) is 2.63. The molecule has 0 amide bonds. The summed E-state index contributed by atoms with van der Waals surface area (Å²) in [6.45, 7) is 3.08. The van der Waals surface area contributed by atoms with Gasteiger partial charge < -0.3 is 14.2 Å². The summed E-state index contributed by atoms with van der Waals surface area (Å²) in [6.07, 6.45) is 0. The van der Waals surface area contributed by atoms with Gasteiger partial charge in [-0.25, -0.2) is 4.39 Å². The van der Waals surface area contributed by atoms with Crippen molar-refractivity contribution < 1.29 is 13.7 Å². The molecule has 3 nitrogen and oxygen atoms in total. The molecule has 0 atom stereocenters. The summed E-state index contributed by atoms with van der Waals surface area (Å²) in [5.41, 5.74) is 1.53. The molecule has 0 unspecified atom stereocenters. The van der Waals surface area contributed by atoms with Gasteiger partial charge >= 0.3 is 0 Å². The SMILES string of the molecule is OSCc1cc(N2CCOCC2)ccc1F. The molecule has 1 aliphatic heterocycles. The molecule has 16 heavy (non-hydrogen) atoms. The standard InChI is InChI=1S/C11H14FNO2S/c12-11-2-1-10(7-9(11)8-16-14)13-3-5-15-6-4-13/h1-2,7,14H,3-6,8H2. The maximum atomic E-state index is 13.4. The summed E-state index contributed by atoms with van der Waals surface area (Å²) in [7, 11) is 0. The monoisotopic (exact) mass is 243 g/mol. The van der Waals surface area contributed by atoms with Crippen molar-refractivity contribution in [1.82, 2.24) is 0 Å². The second-order valence-electron chi connectivity index (χ2n) is 3.65. The van der Waals surface area contributed by atoms with E-state index in [1.807, 2.05) is 0 Å². The summed E-state index contributed by atoms with van der Waals surface area (Å²) in [6, 6.07) is 5.02. The van der Waals surface area contributed by atoms with Crippen molar-refractivity contribution in [3.05, 3.63) is 29.6 Å². The fraction of sp³-hybridized carbons (Fsp3) is 0.455. The average molecular weight is 243 g/mol. The maximum absolute atomic E-state index is 13.4.